The third-order valence-electron chi connectivity index (χ3n) is 5.83. The second-order valence-electron chi connectivity index (χ2n) is 7.41. The van der Waals surface area contributed by atoms with Gasteiger partial charge in [-0.1, -0.05) is 30.3 Å². The first-order valence-electron chi connectivity index (χ1n) is 9.05. The zero-order chi connectivity index (χ0) is 16.5. The van der Waals surface area contributed by atoms with Crippen LogP contribution in [0, 0.1) is 11.8 Å². The summed E-state index contributed by atoms with van der Waals surface area (Å²) in [6.07, 6.45) is 0. The molecule has 1 aromatic rings. The lowest BCUT2D eigenvalue weighted by Gasteiger charge is -2.30. The minimum Gasteiger partial charge on any atom is -0.378 e. The molecule has 5 nitrogen and oxygen atoms in total. The van der Waals surface area contributed by atoms with Crippen LogP contribution in [0.1, 0.15) is 11.6 Å². The van der Waals surface area contributed by atoms with Gasteiger partial charge in [-0.3, -0.25) is 14.6 Å². The van der Waals surface area contributed by atoms with Crippen LogP contribution in [-0.4, -0.2) is 80.1 Å². The molecule has 3 heterocycles. The fourth-order valence-electron chi connectivity index (χ4n) is 4.73. The van der Waals surface area contributed by atoms with Crippen LogP contribution in [0.25, 0.3) is 0 Å². The zero-order valence-electron chi connectivity index (χ0n) is 14.8. The number of hydrogen-bond donors (Lipinski definition) is 0. The Kier molecular flexibility index (Phi) is 6.00. The van der Waals surface area contributed by atoms with Gasteiger partial charge < -0.3 is 9.64 Å². The number of nitrogens with zero attached hydrogens (tertiary/aromatic N) is 3. The Hall–Kier alpha value is -1.14. The Balaban J connectivity index is 0.00000182. The predicted molar refractivity (Wildman–Crippen MR) is 99.9 cm³/mol. The third kappa shape index (κ3) is 3.85. The van der Waals surface area contributed by atoms with Crippen molar-refractivity contribution < 1.29 is 9.53 Å². The topological polar surface area (TPSA) is 36.0 Å². The first-order valence-corrected chi connectivity index (χ1v) is 9.05. The van der Waals surface area contributed by atoms with Gasteiger partial charge in [0.05, 0.1) is 19.8 Å². The molecule has 0 N–H and O–H groups in total. The molecule has 1 aromatic carbocycles. The number of benzene rings is 1. The largest absolute Gasteiger partial charge is 0.378 e. The van der Waals surface area contributed by atoms with E-state index in [-0.39, 0.29) is 18.3 Å². The van der Waals surface area contributed by atoms with Crippen LogP contribution in [0.3, 0.4) is 0 Å². The average molecular weight is 366 g/mol. The minimum atomic E-state index is 0. The van der Waals surface area contributed by atoms with Crippen LogP contribution in [0.2, 0.25) is 0 Å². The Morgan fingerprint density at radius 1 is 1.12 bits per heavy atom. The van der Waals surface area contributed by atoms with Gasteiger partial charge in [-0.15, -0.1) is 12.4 Å². The second-order valence-corrected chi connectivity index (χ2v) is 7.41. The van der Waals surface area contributed by atoms with Crippen molar-refractivity contribution in [2.24, 2.45) is 11.8 Å². The first-order chi connectivity index (χ1) is 11.7. The minimum absolute atomic E-state index is 0. The van der Waals surface area contributed by atoms with E-state index < -0.39 is 0 Å². The average Bonchev–Trinajstić information content (AvgIpc) is 3.12. The second kappa shape index (κ2) is 8.04. The molecule has 3 aliphatic rings. The summed E-state index contributed by atoms with van der Waals surface area (Å²) in [4.78, 5) is 19.3. The molecular formula is C19H28ClN3O2. The van der Waals surface area contributed by atoms with Gasteiger partial charge in [-0.05, 0) is 24.4 Å². The summed E-state index contributed by atoms with van der Waals surface area (Å²) >= 11 is 0. The van der Waals surface area contributed by atoms with Crippen molar-refractivity contribution in [2.45, 2.75) is 6.04 Å². The Labute approximate surface area is 156 Å². The number of carbonyl (C=O) groups excluding carboxylic acids is 1. The van der Waals surface area contributed by atoms with E-state index in [1.807, 2.05) is 4.90 Å². The summed E-state index contributed by atoms with van der Waals surface area (Å²) in [7, 11) is 2.24. The Morgan fingerprint density at radius 3 is 2.56 bits per heavy atom. The number of amides is 1. The number of likely N-dealkylation sites (tertiary alicyclic amines) is 2. The molecule has 0 spiro atoms. The van der Waals surface area contributed by atoms with E-state index in [2.05, 4.69) is 47.2 Å². The molecule has 0 radical (unpaired) electrons. The highest BCUT2D eigenvalue weighted by Gasteiger charge is 2.46. The van der Waals surface area contributed by atoms with Gasteiger partial charge in [-0.2, -0.15) is 0 Å². The van der Waals surface area contributed by atoms with Crippen LogP contribution < -0.4 is 0 Å². The lowest BCUT2D eigenvalue weighted by atomic mass is 9.90. The van der Waals surface area contributed by atoms with E-state index in [0.29, 0.717) is 37.6 Å². The summed E-state index contributed by atoms with van der Waals surface area (Å²) in [5.74, 6) is 1.58. The van der Waals surface area contributed by atoms with Gasteiger partial charge in [0.25, 0.3) is 0 Å². The van der Waals surface area contributed by atoms with Crippen molar-refractivity contribution in [3.63, 3.8) is 0 Å². The fourth-order valence-corrected chi connectivity index (χ4v) is 4.73. The van der Waals surface area contributed by atoms with E-state index in [1.165, 1.54) is 5.56 Å². The van der Waals surface area contributed by atoms with Crippen LogP contribution >= 0.6 is 12.4 Å². The number of carbonyl (C=O) groups is 1. The van der Waals surface area contributed by atoms with Crippen molar-refractivity contribution in [1.82, 2.24) is 14.7 Å². The molecule has 25 heavy (non-hydrogen) atoms. The number of rotatable bonds is 3. The number of hydrogen-bond acceptors (Lipinski definition) is 4. The molecule has 138 valence electrons. The lowest BCUT2D eigenvalue weighted by Crippen LogP contribution is -2.45. The number of morpholine rings is 1. The first kappa shape index (κ1) is 18.6. The molecule has 6 heteroatoms. The van der Waals surface area contributed by atoms with E-state index >= 15 is 0 Å². The fraction of sp³-hybridized carbons (Fsp3) is 0.632. The van der Waals surface area contributed by atoms with Crippen molar-refractivity contribution >= 4 is 18.3 Å². The molecule has 3 saturated heterocycles. The SMILES string of the molecule is CN1C[C@H]2CN(CC(=O)N3CCOCC3)C[C@H]2[C@@H]1c1ccccc1.Cl. The normalized spacial score (nSPS) is 30.1. The van der Waals surface area contributed by atoms with Crippen LogP contribution in [-0.2, 0) is 9.53 Å². The van der Waals surface area contributed by atoms with Crippen LogP contribution in [0.5, 0.6) is 0 Å². The van der Waals surface area contributed by atoms with Crippen LogP contribution in [0.15, 0.2) is 30.3 Å². The van der Waals surface area contributed by atoms with Gasteiger partial charge in [0.1, 0.15) is 0 Å². The van der Waals surface area contributed by atoms with Crippen LogP contribution in [0.4, 0.5) is 0 Å². The molecule has 0 unspecified atom stereocenters. The third-order valence-corrected chi connectivity index (χ3v) is 5.83. The van der Waals surface area contributed by atoms with E-state index in [0.717, 1.165) is 32.7 Å². The van der Waals surface area contributed by atoms with Crippen molar-refractivity contribution in [3.05, 3.63) is 35.9 Å². The van der Waals surface area contributed by atoms with Crippen molar-refractivity contribution in [3.8, 4) is 0 Å². The summed E-state index contributed by atoms with van der Waals surface area (Å²) in [5, 5.41) is 0. The highest BCUT2D eigenvalue weighted by Crippen LogP contribution is 2.43. The summed E-state index contributed by atoms with van der Waals surface area (Å²) in [6, 6.07) is 11.3. The van der Waals surface area contributed by atoms with Gasteiger partial charge >= 0.3 is 0 Å². The Bertz CT molecular complexity index is 579. The maximum absolute atomic E-state index is 12.5. The van der Waals surface area contributed by atoms with Gasteiger partial charge in [0, 0.05) is 38.8 Å². The highest BCUT2D eigenvalue weighted by molar-refractivity contribution is 5.85. The predicted octanol–water partition coefficient (Wildman–Crippen LogP) is 1.50. The maximum atomic E-state index is 12.5. The lowest BCUT2D eigenvalue weighted by molar-refractivity contribution is -0.136. The number of ether oxygens (including phenoxy) is 1. The van der Waals surface area contributed by atoms with Gasteiger partial charge in [-0.25, -0.2) is 0 Å². The molecule has 0 aliphatic carbocycles. The monoisotopic (exact) mass is 365 g/mol. The summed E-state index contributed by atoms with van der Waals surface area (Å²) < 4.78 is 5.34. The molecule has 1 amide bonds. The molecule has 3 fully saturated rings. The summed E-state index contributed by atoms with van der Waals surface area (Å²) in [5.41, 5.74) is 1.41. The number of fused-ring (bicyclic) bond motifs is 1. The standard InChI is InChI=1S/C19H27N3O2.ClH/c1-20-11-16-12-21(14-18(23)22-7-9-24-10-8-22)13-17(16)19(20)15-5-3-2-4-6-15;/h2-6,16-17,19H,7-14H2,1H3;1H/t16-,17+,19-;/m0./s1. The quantitative estimate of drug-likeness (QED) is 0.813. The smallest absolute Gasteiger partial charge is 0.236 e. The zero-order valence-corrected chi connectivity index (χ0v) is 15.7. The highest BCUT2D eigenvalue weighted by atomic mass is 35.5. The van der Waals surface area contributed by atoms with Crippen molar-refractivity contribution in [2.75, 3.05) is 59.5 Å². The molecular weight excluding hydrogens is 338 g/mol. The van der Waals surface area contributed by atoms with Gasteiger partial charge in [0.2, 0.25) is 5.91 Å². The maximum Gasteiger partial charge on any atom is 0.236 e. The van der Waals surface area contributed by atoms with E-state index in [9.17, 15) is 4.79 Å². The molecule has 0 saturated carbocycles. The number of halogens is 1. The molecule has 3 atom stereocenters. The van der Waals surface area contributed by atoms with Gasteiger partial charge in [0.15, 0.2) is 0 Å². The van der Waals surface area contributed by atoms with E-state index in [4.69, 9.17) is 4.74 Å². The molecule has 3 aliphatic heterocycles. The van der Waals surface area contributed by atoms with E-state index in [1.54, 1.807) is 0 Å². The molecule has 0 bridgehead atoms. The molecule has 4 rings (SSSR count). The van der Waals surface area contributed by atoms with Crippen molar-refractivity contribution in [1.29, 1.82) is 0 Å². The Morgan fingerprint density at radius 2 is 1.84 bits per heavy atom. The molecule has 0 aromatic heterocycles. The summed E-state index contributed by atoms with van der Waals surface area (Å²) in [6.45, 7) is 6.63.